The number of methoxy groups -OCH3 is 1. The summed E-state index contributed by atoms with van der Waals surface area (Å²) in [5, 5.41) is 6.05. The molecule has 2 aromatic carbocycles. The smallest absolute Gasteiger partial charge is 0.340 e. The van der Waals surface area contributed by atoms with Gasteiger partial charge in [0.25, 0.3) is 15.6 Å². The van der Waals surface area contributed by atoms with Crippen molar-refractivity contribution in [2.24, 2.45) is 0 Å². The predicted octanol–water partition coefficient (Wildman–Crippen LogP) is 4.70. The fraction of sp³-hybridized carbons (Fsp3) is 0.0870. The number of thiophene rings is 1. The van der Waals surface area contributed by atoms with Crippen LogP contribution in [-0.4, -0.2) is 39.1 Å². The summed E-state index contributed by atoms with van der Waals surface area (Å²) in [6, 6.07) is 10.8. The van der Waals surface area contributed by atoms with Crippen molar-refractivity contribution < 1.29 is 22.7 Å². The highest BCUT2D eigenvalue weighted by molar-refractivity contribution is 7.92. The number of carbonyl (C=O) groups excluding carboxylic acids is 2. The van der Waals surface area contributed by atoms with Gasteiger partial charge in [0.15, 0.2) is 0 Å². The summed E-state index contributed by atoms with van der Waals surface area (Å²) in [6.07, 6.45) is 1.33. The van der Waals surface area contributed by atoms with Crippen LogP contribution in [0.4, 0.5) is 16.2 Å². The third kappa shape index (κ3) is 5.42. The maximum Gasteiger partial charge on any atom is 0.340 e. The Morgan fingerprint density at radius 2 is 1.73 bits per heavy atom. The molecule has 0 aliphatic rings. The molecule has 3 N–H and O–H groups in total. The number of hydrogen-bond acceptors (Lipinski definition) is 8. The number of nitrogens with one attached hydrogen (secondary N) is 3. The number of fused-ring (bicyclic) bond motifs is 1. The van der Waals surface area contributed by atoms with Gasteiger partial charge in [-0.25, -0.2) is 22.7 Å². The molecule has 0 atom stereocenters. The Morgan fingerprint density at radius 1 is 1.00 bits per heavy atom. The molecule has 10 nitrogen and oxygen atoms in total. The molecule has 2 heterocycles. The van der Waals surface area contributed by atoms with Crippen LogP contribution in [-0.2, 0) is 14.8 Å². The van der Waals surface area contributed by atoms with E-state index in [0.717, 1.165) is 11.3 Å². The Labute approximate surface area is 224 Å². The lowest BCUT2D eigenvalue weighted by Gasteiger charge is -2.14. The summed E-state index contributed by atoms with van der Waals surface area (Å²) in [6.45, 7) is 0. The minimum absolute atomic E-state index is 0.0507. The average molecular weight is 581 g/mol. The van der Waals surface area contributed by atoms with E-state index in [2.05, 4.69) is 10.6 Å². The van der Waals surface area contributed by atoms with Gasteiger partial charge < -0.3 is 15.4 Å². The molecule has 0 unspecified atom stereocenters. The zero-order valence-corrected chi connectivity index (χ0v) is 22.3. The lowest BCUT2D eigenvalue weighted by molar-refractivity contribution is 0.0602. The van der Waals surface area contributed by atoms with Gasteiger partial charge in [-0.15, -0.1) is 11.3 Å². The minimum atomic E-state index is -4.12. The number of pyridine rings is 1. The van der Waals surface area contributed by atoms with Gasteiger partial charge in [0.2, 0.25) is 0 Å². The van der Waals surface area contributed by atoms with Crippen LogP contribution in [0.1, 0.15) is 10.4 Å². The highest BCUT2D eigenvalue weighted by Crippen LogP contribution is 2.28. The van der Waals surface area contributed by atoms with Crippen LogP contribution in [0.15, 0.2) is 63.7 Å². The molecule has 4 aromatic rings. The molecule has 0 aliphatic heterocycles. The molecule has 0 saturated heterocycles. The third-order valence-electron chi connectivity index (χ3n) is 5.22. The monoisotopic (exact) mass is 580 g/mol. The Balaban J connectivity index is 1.67. The molecule has 0 radical (unpaired) electrons. The first-order valence-electron chi connectivity index (χ1n) is 10.4. The average Bonchev–Trinajstić information content (AvgIpc) is 3.31. The van der Waals surface area contributed by atoms with Gasteiger partial charge in [-0.3, -0.25) is 9.36 Å². The second kappa shape index (κ2) is 10.4. The molecule has 192 valence electrons. The first kappa shape index (κ1) is 26.5. The number of benzene rings is 2. The number of ether oxygens (including phenoxy) is 1. The molecule has 37 heavy (non-hydrogen) atoms. The minimum Gasteiger partial charge on any atom is -0.465 e. The molecule has 0 saturated carbocycles. The predicted molar refractivity (Wildman–Crippen MR) is 144 cm³/mol. The molecule has 2 amide bonds. The van der Waals surface area contributed by atoms with E-state index in [0.29, 0.717) is 11.1 Å². The second-order valence-electron chi connectivity index (χ2n) is 7.50. The Bertz CT molecular complexity index is 1720. The van der Waals surface area contributed by atoms with E-state index in [4.69, 9.17) is 27.9 Å². The quantitative estimate of drug-likeness (QED) is 0.281. The van der Waals surface area contributed by atoms with Crippen molar-refractivity contribution in [2.45, 2.75) is 4.21 Å². The number of amides is 2. The van der Waals surface area contributed by atoms with Crippen LogP contribution >= 0.6 is 34.5 Å². The standard InChI is InChI=1S/C23H18Cl2N4O6S2/c1-26-12-3-5-14-15(9-12)16(22(31)35-2)11-29(21(14)30)18-6-4-13(10-17(18)24)27-23(32)28-37(33,34)20-8-7-19(25)36-20/h3-11,26H,1-2H3,(H2,27,28,32). The van der Waals surface area contributed by atoms with Crippen molar-refractivity contribution in [2.75, 3.05) is 24.8 Å². The number of halogens is 2. The van der Waals surface area contributed by atoms with Gasteiger partial charge in [-0.1, -0.05) is 23.2 Å². The summed E-state index contributed by atoms with van der Waals surface area (Å²) >= 11 is 13.0. The number of esters is 1. The van der Waals surface area contributed by atoms with E-state index in [9.17, 15) is 22.8 Å². The van der Waals surface area contributed by atoms with Crippen LogP contribution in [0.2, 0.25) is 9.36 Å². The summed E-state index contributed by atoms with van der Waals surface area (Å²) in [5.74, 6) is -0.647. The maximum atomic E-state index is 13.3. The SMILES string of the molecule is CNc1ccc2c(=O)n(-c3ccc(NC(=O)NS(=O)(=O)c4ccc(Cl)s4)cc3Cl)cc(C(=O)OC)c2c1. The fourth-order valence-corrected chi connectivity index (χ4v) is 6.16. The normalized spacial score (nSPS) is 11.2. The van der Waals surface area contributed by atoms with Crippen molar-refractivity contribution in [3.05, 3.63) is 80.0 Å². The highest BCUT2D eigenvalue weighted by atomic mass is 35.5. The largest absolute Gasteiger partial charge is 0.465 e. The number of hydrogen-bond donors (Lipinski definition) is 3. The van der Waals surface area contributed by atoms with Crippen molar-refractivity contribution in [3.8, 4) is 5.69 Å². The van der Waals surface area contributed by atoms with Crippen LogP contribution in [0.3, 0.4) is 0 Å². The molecule has 0 bridgehead atoms. The highest BCUT2D eigenvalue weighted by Gasteiger charge is 2.21. The Morgan fingerprint density at radius 3 is 2.35 bits per heavy atom. The van der Waals surface area contributed by atoms with Gasteiger partial charge in [0, 0.05) is 35.4 Å². The topological polar surface area (TPSA) is 136 Å². The van der Waals surface area contributed by atoms with Crippen LogP contribution in [0.25, 0.3) is 16.5 Å². The first-order chi connectivity index (χ1) is 17.5. The van der Waals surface area contributed by atoms with E-state index in [1.807, 2.05) is 4.72 Å². The van der Waals surface area contributed by atoms with Gasteiger partial charge in [-0.2, -0.15) is 0 Å². The lowest BCUT2D eigenvalue weighted by Crippen LogP contribution is -2.34. The zero-order chi connectivity index (χ0) is 26.9. The molecule has 4 rings (SSSR count). The van der Waals surface area contributed by atoms with Gasteiger partial charge >= 0.3 is 12.0 Å². The van der Waals surface area contributed by atoms with E-state index in [1.54, 1.807) is 25.2 Å². The van der Waals surface area contributed by atoms with Gasteiger partial charge in [-0.05, 0) is 48.5 Å². The van der Waals surface area contributed by atoms with E-state index >= 15 is 0 Å². The number of aromatic nitrogens is 1. The Hall–Kier alpha value is -3.58. The number of anilines is 2. The number of carbonyl (C=O) groups is 2. The van der Waals surface area contributed by atoms with Gasteiger partial charge in [0.1, 0.15) is 4.21 Å². The van der Waals surface area contributed by atoms with E-state index in [1.165, 1.54) is 48.2 Å². The molecule has 2 aromatic heterocycles. The Kier molecular flexibility index (Phi) is 7.46. The number of sulfonamides is 1. The van der Waals surface area contributed by atoms with Gasteiger partial charge in [0.05, 0.1) is 27.7 Å². The molecular formula is C23H18Cl2N4O6S2. The number of nitrogens with zero attached hydrogens (tertiary/aromatic N) is 1. The van der Waals surface area contributed by atoms with E-state index < -0.39 is 27.6 Å². The maximum absolute atomic E-state index is 13.3. The third-order valence-corrected chi connectivity index (χ3v) is 8.57. The summed E-state index contributed by atoms with van der Waals surface area (Å²) < 4.78 is 32.8. The van der Waals surface area contributed by atoms with Crippen molar-refractivity contribution in [1.82, 2.24) is 9.29 Å². The molecule has 0 aliphatic carbocycles. The molecule has 0 spiro atoms. The summed E-state index contributed by atoms with van der Waals surface area (Å²) in [4.78, 5) is 38.1. The number of rotatable bonds is 6. The molecule has 14 heteroatoms. The van der Waals surface area contributed by atoms with Crippen LogP contribution < -0.4 is 20.9 Å². The molecule has 0 fully saturated rings. The summed E-state index contributed by atoms with van der Waals surface area (Å²) in [5.41, 5.74) is 0.789. The zero-order valence-electron chi connectivity index (χ0n) is 19.2. The number of urea groups is 1. The van der Waals surface area contributed by atoms with Crippen molar-refractivity contribution >= 4 is 78.7 Å². The van der Waals surface area contributed by atoms with Crippen molar-refractivity contribution in [3.63, 3.8) is 0 Å². The van der Waals surface area contributed by atoms with Crippen LogP contribution in [0.5, 0.6) is 0 Å². The summed E-state index contributed by atoms with van der Waals surface area (Å²) in [7, 11) is -1.18. The van der Waals surface area contributed by atoms with E-state index in [-0.39, 0.29) is 35.9 Å². The molecular weight excluding hydrogens is 563 g/mol. The fourth-order valence-electron chi connectivity index (χ4n) is 3.50. The van der Waals surface area contributed by atoms with Crippen molar-refractivity contribution in [1.29, 1.82) is 0 Å². The lowest BCUT2D eigenvalue weighted by atomic mass is 10.1. The first-order valence-corrected chi connectivity index (χ1v) is 13.4. The second-order valence-corrected chi connectivity index (χ2v) is 11.5. The van der Waals surface area contributed by atoms with Crippen LogP contribution in [0, 0.1) is 0 Å².